The summed E-state index contributed by atoms with van der Waals surface area (Å²) in [7, 11) is 3.06. The average Bonchev–Trinajstić information content (AvgIpc) is 3.45. The number of aromatic hydroxyl groups is 1. The second-order valence-electron chi connectivity index (χ2n) is 12.3. The number of likely N-dealkylation sites (N-methyl/N-ethyl adjacent to an activating group) is 1. The van der Waals surface area contributed by atoms with Gasteiger partial charge in [-0.3, -0.25) is 39.0 Å². The second kappa shape index (κ2) is 10.6. The van der Waals surface area contributed by atoms with Gasteiger partial charge in [-0.25, -0.2) is 0 Å². The fourth-order valence-electron chi connectivity index (χ4n) is 7.47. The van der Waals surface area contributed by atoms with E-state index in [9.17, 15) is 44.3 Å². The van der Waals surface area contributed by atoms with Crippen LogP contribution in [0.5, 0.6) is 5.75 Å². The van der Waals surface area contributed by atoms with Gasteiger partial charge in [0.15, 0.2) is 34.7 Å². The number of nitrogens with one attached hydrogen (secondary N) is 1. The predicted molar refractivity (Wildman–Crippen MR) is 159 cm³/mol. The van der Waals surface area contributed by atoms with Crippen LogP contribution in [-0.4, -0.2) is 74.8 Å². The highest BCUT2D eigenvalue weighted by Gasteiger charge is 2.69. The molecule has 0 radical (unpaired) electrons. The van der Waals surface area contributed by atoms with E-state index in [0.717, 1.165) is 5.57 Å². The summed E-state index contributed by atoms with van der Waals surface area (Å²) in [6, 6.07) is 8.29. The van der Waals surface area contributed by atoms with Gasteiger partial charge in [0.05, 0.1) is 28.1 Å². The Morgan fingerprint density at radius 3 is 2.53 bits per heavy atom. The lowest BCUT2D eigenvalue weighted by molar-refractivity contribution is -0.384. The van der Waals surface area contributed by atoms with E-state index >= 15 is 0 Å². The number of primary amides is 1. The van der Waals surface area contributed by atoms with E-state index in [2.05, 4.69) is 5.32 Å². The molecule has 2 aromatic rings. The van der Waals surface area contributed by atoms with Crippen LogP contribution in [0.4, 0.5) is 11.4 Å². The van der Waals surface area contributed by atoms with Crippen molar-refractivity contribution in [3.05, 3.63) is 81.1 Å². The Morgan fingerprint density at radius 2 is 1.87 bits per heavy atom. The van der Waals surface area contributed by atoms with Crippen molar-refractivity contribution in [2.24, 2.45) is 29.4 Å². The lowest BCUT2D eigenvalue weighted by Crippen LogP contribution is -2.74. The van der Waals surface area contributed by atoms with Crippen LogP contribution in [-0.2, 0) is 25.6 Å². The number of ketones is 4. The van der Waals surface area contributed by atoms with E-state index in [1.54, 1.807) is 30.3 Å². The molecule has 13 heteroatoms. The molecule has 6 rings (SSSR count). The van der Waals surface area contributed by atoms with Gasteiger partial charge < -0.3 is 21.3 Å². The number of nitrogens with two attached hydrogens (primary N) is 1. The maximum absolute atomic E-state index is 14.0. The van der Waals surface area contributed by atoms with E-state index in [1.165, 1.54) is 31.1 Å². The summed E-state index contributed by atoms with van der Waals surface area (Å²) >= 11 is 0. The molecule has 5 N–H and O–H groups in total. The van der Waals surface area contributed by atoms with Crippen molar-refractivity contribution in [2.45, 2.75) is 30.9 Å². The van der Waals surface area contributed by atoms with Crippen molar-refractivity contribution >= 4 is 46.0 Å². The monoisotopic (exact) mass is 614 g/mol. The zero-order chi connectivity index (χ0) is 32.5. The number of amides is 1. The molecular formula is C32H30N4O9. The number of nitrogens with zero attached hydrogens (tertiary/aromatic N) is 2. The van der Waals surface area contributed by atoms with Crippen LogP contribution < -0.4 is 11.1 Å². The lowest BCUT2D eigenvalue weighted by atomic mass is 9.52. The summed E-state index contributed by atoms with van der Waals surface area (Å²) in [5.74, 6) is -11.0. The number of non-ortho nitro benzene ring substituents is 1. The van der Waals surface area contributed by atoms with Crippen molar-refractivity contribution in [2.75, 3.05) is 19.4 Å². The molecule has 2 fully saturated rings. The SMILES string of the molecule is CN(C)[C@@H]1C(=O)C(C(N)=O)C(=O)[C@@]2(O)C(=O)C3C(=O)c4c(ccc(NC5=CCC(c6cccc([N+](=O)[O-])c6)=C5)c4O)C[C@H]3C[C@@H]12. The number of anilines is 1. The highest BCUT2D eigenvalue weighted by Crippen LogP contribution is 2.51. The van der Waals surface area contributed by atoms with Gasteiger partial charge in [-0.05, 0) is 68.1 Å². The molecule has 13 nitrogen and oxygen atoms in total. The summed E-state index contributed by atoms with van der Waals surface area (Å²) in [5.41, 5.74) is 5.09. The zero-order valence-electron chi connectivity index (χ0n) is 24.4. The maximum atomic E-state index is 14.0. The van der Waals surface area contributed by atoms with E-state index in [0.29, 0.717) is 23.2 Å². The molecule has 0 aliphatic heterocycles. The number of nitro groups is 1. The first-order valence-electron chi connectivity index (χ1n) is 14.4. The topological polar surface area (TPSA) is 210 Å². The number of benzene rings is 2. The van der Waals surface area contributed by atoms with Crippen molar-refractivity contribution in [3.8, 4) is 5.75 Å². The molecule has 232 valence electrons. The third-order valence-electron chi connectivity index (χ3n) is 9.51. The van der Waals surface area contributed by atoms with E-state index in [4.69, 9.17) is 5.73 Å². The van der Waals surface area contributed by atoms with Gasteiger partial charge in [-0.15, -0.1) is 0 Å². The summed E-state index contributed by atoms with van der Waals surface area (Å²) in [6.07, 6.45) is 4.19. The Balaban J connectivity index is 1.31. The predicted octanol–water partition coefficient (Wildman–Crippen LogP) is 1.56. The highest BCUT2D eigenvalue weighted by molar-refractivity contribution is 6.32. The maximum Gasteiger partial charge on any atom is 0.270 e. The fourth-order valence-corrected chi connectivity index (χ4v) is 7.47. The van der Waals surface area contributed by atoms with Gasteiger partial charge in [0.1, 0.15) is 5.75 Å². The number of rotatable bonds is 6. The van der Waals surface area contributed by atoms with Crippen molar-refractivity contribution in [1.82, 2.24) is 4.90 Å². The van der Waals surface area contributed by atoms with Gasteiger partial charge >= 0.3 is 0 Å². The minimum atomic E-state index is -2.79. The number of aliphatic hydroxyl groups is 1. The van der Waals surface area contributed by atoms with Crippen LogP contribution in [0, 0.1) is 33.8 Å². The molecule has 45 heavy (non-hydrogen) atoms. The number of phenolic OH excluding ortho intramolecular Hbond substituents is 1. The molecule has 2 unspecified atom stereocenters. The largest absolute Gasteiger partial charge is 0.505 e. The average molecular weight is 615 g/mol. The first-order chi connectivity index (χ1) is 21.2. The Morgan fingerprint density at radius 1 is 1.13 bits per heavy atom. The molecular weight excluding hydrogens is 584 g/mol. The van der Waals surface area contributed by atoms with Crippen LogP contribution in [0.3, 0.4) is 0 Å². The molecule has 6 atom stereocenters. The van der Waals surface area contributed by atoms with Crippen LogP contribution in [0.15, 0.2) is 54.2 Å². The minimum absolute atomic E-state index is 0.0250. The minimum Gasteiger partial charge on any atom is -0.505 e. The van der Waals surface area contributed by atoms with Gasteiger partial charge in [-0.2, -0.15) is 0 Å². The molecule has 0 heterocycles. The summed E-state index contributed by atoms with van der Waals surface area (Å²) in [4.78, 5) is 78.8. The van der Waals surface area contributed by atoms with Crippen LogP contribution >= 0.6 is 0 Å². The number of carbonyl (C=O) groups excluding carboxylic acids is 5. The van der Waals surface area contributed by atoms with E-state index in [1.807, 2.05) is 6.08 Å². The van der Waals surface area contributed by atoms with Gasteiger partial charge in [0.25, 0.3) is 5.69 Å². The number of nitro benzene ring substituents is 1. The van der Waals surface area contributed by atoms with Gasteiger partial charge in [-0.1, -0.05) is 24.3 Å². The zero-order valence-corrected chi connectivity index (χ0v) is 24.4. The van der Waals surface area contributed by atoms with E-state index < -0.39 is 75.0 Å². The van der Waals surface area contributed by atoms with E-state index in [-0.39, 0.29) is 29.8 Å². The normalized spacial score (nSPS) is 29.0. The number of fused-ring (bicyclic) bond motifs is 3. The Hall–Kier alpha value is -5.01. The number of phenols is 1. The van der Waals surface area contributed by atoms with Gasteiger partial charge in [0.2, 0.25) is 5.91 Å². The smallest absolute Gasteiger partial charge is 0.270 e. The standard InChI is InChI=1S/C32H30N4O9/c1-35(2)25-20-13-17-10-16-7-9-21(34-18-8-6-15(11-18)14-4-3-5-19(12-14)36(44)45)26(37)22(16)27(38)23(17)29(40)32(20,43)30(41)24(28(25)39)31(33)42/h3-5,7-9,11-12,17,20,23-25,34,37,43H,6,10,13H2,1-2H3,(H2,33,42)/t17-,20-,23?,24?,25-,32-/m0/s1. The number of Topliss-reactive ketones (excluding diaryl/α,β-unsaturated/α-hetero) is 4. The Labute approximate surface area is 256 Å². The summed E-state index contributed by atoms with van der Waals surface area (Å²) < 4.78 is 0. The quantitative estimate of drug-likeness (QED) is 0.159. The molecule has 2 aromatic carbocycles. The Kier molecular flexibility index (Phi) is 7.05. The first-order valence-corrected chi connectivity index (χ1v) is 14.4. The molecule has 0 spiro atoms. The molecule has 0 aromatic heterocycles. The van der Waals surface area contributed by atoms with Crippen LogP contribution in [0.25, 0.3) is 5.57 Å². The second-order valence-corrected chi connectivity index (χ2v) is 12.3. The molecule has 0 bridgehead atoms. The third kappa shape index (κ3) is 4.49. The van der Waals surface area contributed by atoms with Crippen molar-refractivity contribution in [3.63, 3.8) is 0 Å². The number of carbonyl (C=O) groups is 5. The molecule has 4 aliphatic carbocycles. The van der Waals surface area contributed by atoms with Gasteiger partial charge in [0, 0.05) is 23.7 Å². The highest BCUT2D eigenvalue weighted by atomic mass is 16.6. The Bertz CT molecular complexity index is 1790. The fraction of sp³-hybridized carbons (Fsp3) is 0.344. The summed E-state index contributed by atoms with van der Waals surface area (Å²) in [5, 5.41) is 37.2. The van der Waals surface area contributed by atoms with Crippen LogP contribution in [0.2, 0.25) is 0 Å². The lowest BCUT2D eigenvalue weighted by Gasteiger charge is -2.52. The number of hydrogen-bond donors (Lipinski definition) is 4. The summed E-state index contributed by atoms with van der Waals surface area (Å²) in [6.45, 7) is 0. The number of allylic oxidation sites excluding steroid dienone is 3. The molecule has 1 amide bonds. The molecule has 4 aliphatic rings. The van der Waals surface area contributed by atoms with Crippen molar-refractivity contribution in [1.29, 1.82) is 0 Å². The first kappa shape index (κ1) is 30.0. The van der Waals surface area contributed by atoms with Crippen LogP contribution in [0.1, 0.15) is 34.3 Å². The third-order valence-corrected chi connectivity index (χ3v) is 9.51. The molecule has 0 saturated heterocycles. The number of hydrogen-bond acceptors (Lipinski definition) is 11. The van der Waals surface area contributed by atoms with Crippen molar-refractivity contribution < 1.29 is 39.1 Å². The molecule has 2 saturated carbocycles.